The highest BCUT2D eigenvalue weighted by Gasteiger charge is 2.19. The first kappa shape index (κ1) is 19.6. The van der Waals surface area contributed by atoms with Gasteiger partial charge in [-0.3, -0.25) is 9.69 Å². The van der Waals surface area contributed by atoms with Crippen LogP contribution in [0.15, 0.2) is 71.6 Å². The normalized spacial score (nSPS) is 13.3. The number of hydrogen-bond donors (Lipinski definition) is 1. The van der Waals surface area contributed by atoms with Crippen molar-refractivity contribution in [1.82, 2.24) is 4.90 Å². The van der Waals surface area contributed by atoms with E-state index in [9.17, 15) is 4.79 Å². The number of nitrogens with zero attached hydrogens (tertiary/aromatic N) is 1. The van der Waals surface area contributed by atoms with Crippen molar-refractivity contribution in [3.05, 3.63) is 94.5 Å². The van der Waals surface area contributed by atoms with Gasteiger partial charge in [-0.05, 0) is 52.8 Å². The van der Waals surface area contributed by atoms with E-state index in [1.807, 2.05) is 36.6 Å². The van der Waals surface area contributed by atoms with Crippen molar-refractivity contribution in [2.75, 3.05) is 6.26 Å². The lowest BCUT2D eigenvalue weighted by Crippen LogP contribution is -2.17. The minimum absolute atomic E-state index is 0.399. The van der Waals surface area contributed by atoms with Gasteiger partial charge in [-0.2, -0.15) is 0 Å². The average Bonchev–Trinajstić information content (AvgIpc) is 3.15. The summed E-state index contributed by atoms with van der Waals surface area (Å²) in [6.07, 6.45) is 2.05. The van der Waals surface area contributed by atoms with Crippen LogP contribution in [0.3, 0.4) is 0 Å². The van der Waals surface area contributed by atoms with Crippen LogP contribution in [-0.4, -0.2) is 17.1 Å². The van der Waals surface area contributed by atoms with Crippen molar-refractivity contribution in [3.63, 3.8) is 0 Å². The van der Waals surface area contributed by atoms with E-state index in [2.05, 4.69) is 41.3 Å². The van der Waals surface area contributed by atoms with Gasteiger partial charge in [0.05, 0.1) is 5.56 Å². The maximum absolute atomic E-state index is 12.0. The molecule has 4 rings (SSSR count). The Balaban J connectivity index is 1.44. The van der Waals surface area contributed by atoms with E-state index >= 15 is 0 Å². The maximum Gasteiger partial charge on any atom is 0.252 e. The van der Waals surface area contributed by atoms with Crippen LogP contribution in [0.4, 0.5) is 0 Å². The molecule has 1 aliphatic heterocycles. The van der Waals surface area contributed by atoms with Crippen LogP contribution >= 0.6 is 11.8 Å². The molecule has 0 saturated heterocycles. The summed E-state index contributed by atoms with van der Waals surface area (Å²) in [5, 5.41) is 0. The number of primary amides is 1. The van der Waals surface area contributed by atoms with E-state index in [4.69, 9.17) is 10.5 Å². The third kappa shape index (κ3) is 4.63. The first-order chi connectivity index (χ1) is 14.1. The third-order valence-corrected chi connectivity index (χ3v) is 5.92. The minimum atomic E-state index is -0.468. The highest BCUT2D eigenvalue weighted by Crippen LogP contribution is 2.26. The van der Waals surface area contributed by atoms with E-state index in [0.29, 0.717) is 17.9 Å². The molecule has 2 N–H and O–H groups in total. The van der Waals surface area contributed by atoms with E-state index in [1.54, 1.807) is 11.8 Å². The molecule has 1 heterocycles. The Morgan fingerprint density at radius 2 is 1.66 bits per heavy atom. The van der Waals surface area contributed by atoms with Crippen molar-refractivity contribution in [3.8, 4) is 5.75 Å². The van der Waals surface area contributed by atoms with Crippen molar-refractivity contribution in [2.45, 2.75) is 31.1 Å². The maximum atomic E-state index is 12.0. The molecule has 0 fully saturated rings. The van der Waals surface area contributed by atoms with E-state index in [-0.39, 0.29) is 0 Å². The summed E-state index contributed by atoms with van der Waals surface area (Å²) >= 11 is 1.70. The molecule has 0 bridgehead atoms. The fourth-order valence-electron chi connectivity index (χ4n) is 3.65. The number of carbonyl (C=O) groups excluding carboxylic acids is 1. The summed E-state index contributed by atoms with van der Waals surface area (Å²) in [4.78, 5) is 15.6. The Morgan fingerprint density at radius 3 is 2.28 bits per heavy atom. The lowest BCUT2D eigenvalue weighted by molar-refractivity contribution is 0.0995. The molecule has 4 nitrogen and oxygen atoms in total. The van der Waals surface area contributed by atoms with Gasteiger partial charge in [0, 0.05) is 24.5 Å². The molecule has 1 amide bonds. The van der Waals surface area contributed by atoms with Gasteiger partial charge < -0.3 is 10.5 Å². The van der Waals surface area contributed by atoms with Crippen LogP contribution in [-0.2, 0) is 26.2 Å². The summed E-state index contributed by atoms with van der Waals surface area (Å²) in [5.74, 6) is 0.0594. The summed E-state index contributed by atoms with van der Waals surface area (Å²) in [7, 11) is 0. The summed E-state index contributed by atoms with van der Waals surface area (Å²) in [6, 6.07) is 22.4. The Kier molecular flexibility index (Phi) is 5.88. The molecule has 0 radical (unpaired) electrons. The zero-order valence-electron chi connectivity index (χ0n) is 16.4. The lowest BCUT2D eigenvalue weighted by Gasteiger charge is -2.17. The second-order valence-corrected chi connectivity index (χ2v) is 8.13. The summed E-state index contributed by atoms with van der Waals surface area (Å²) < 4.78 is 5.91. The van der Waals surface area contributed by atoms with Crippen LogP contribution in [0.2, 0.25) is 0 Å². The third-order valence-electron chi connectivity index (χ3n) is 5.18. The second kappa shape index (κ2) is 8.72. The zero-order valence-corrected chi connectivity index (χ0v) is 17.2. The monoisotopic (exact) mass is 404 g/mol. The molecule has 5 heteroatoms. The number of ether oxygens (including phenoxy) is 1. The molecule has 0 aromatic heterocycles. The number of rotatable bonds is 7. The van der Waals surface area contributed by atoms with Crippen molar-refractivity contribution in [1.29, 1.82) is 0 Å². The molecule has 3 aromatic rings. The minimum Gasteiger partial charge on any atom is -0.488 e. The molecule has 29 heavy (non-hydrogen) atoms. The first-order valence-corrected chi connectivity index (χ1v) is 10.8. The van der Waals surface area contributed by atoms with Gasteiger partial charge in [0.15, 0.2) is 0 Å². The number of thioether (sulfide) groups is 1. The molecular weight excluding hydrogens is 380 g/mol. The standard InChI is InChI=1S/C24H24N2O2S/c1-29-21-9-6-17(7-10-21)16-28-23-11-8-18(12-22(23)24(25)27)13-26-14-19-4-2-3-5-20(19)15-26/h2-12H,13-16H2,1H3,(H2,25,27). The van der Waals surface area contributed by atoms with Crippen LogP contribution in [0, 0.1) is 0 Å². The van der Waals surface area contributed by atoms with Crippen molar-refractivity contribution < 1.29 is 9.53 Å². The number of hydrogen-bond acceptors (Lipinski definition) is 4. The largest absolute Gasteiger partial charge is 0.488 e. The summed E-state index contributed by atoms with van der Waals surface area (Å²) in [5.41, 5.74) is 10.9. The summed E-state index contributed by atoms with van der Waals surface area (Å²) in [6.45, 7) is 3.01. The van der Waals surface area contributed by atoms with E-state index in [1.165, 1.54) is 16.0 Å². The van der Waals surface area contributed by atoms with Crippen LogP contribution in [0.5, 0.6) is 5.75 Å². The molecule has 0 atom stereocenters. The number of fused-ring (bicyclic) bond motifs is 1. The first-order valence-electron chi connectivity index (χ1n) is 9.60. The van der Waals surface area contributed by atoms with Gasteiger partial charge in [0.1, 0.15) is 12.4 Å². The smallest absolute Gasteiger partial charge is 0.252 e. The Bertz CT molecular complexity index is 993. The topological polar surface area (TPSA) is 55.6 Å². The SMILES string of the molecule is CSc1ccc(COc2ccc(CN3Cc4ccccc4C3)cc2C(N)=O)cc1. The molecule has 3 aromatic carbocycles. The van der Waals surface area contributed by atoms with Crippen LogP contribution in [0.25, 0.3) is 0 Å². The zero-order chi connectivity index (χ0) is 20.2. The highest BCUT2D eigenvalue weighted by molar-refractivity contribution is 7.98. The van der Waals surface area contributed by atoms with Gasteiger partial charge in [-0.15, -0.1) is 11.8 Å². The molecule has 0 unspecified atom stereocenters. The predicted molar refractivity (Wildman–Crippen MR) is 117 cm³/mol. The van der Waals surface area contributed by atoms with Crippen LogP contribution in [0.1, 0.15) is 32.6 Å². The second-order valence-electron chi connectivity index (χ2n) is 7.25. The van der Waals surface area contributed by atoms with E-state index < -0.39 is 5.91 Å². The number of nitrogens with two attached hydrogens (primary N) is 1. The molecule has 148 valence electrons. The van der Waals surface area contributed by atoms with Crippen molar-refractivity contribution in [2.24, 2.45) is 5.73 Å². The van der Waals surface area contributed by atoms with Gasteiger partial charge in [-0.25, -0.2) is 0 Å². The molecule has 0 spiro atoms. The van der Waals surface area contributed by atoms with Gasteiger partial charge in [-0.1, -0.05) is 42.5 Å². The van der Waals surface area contributed by atoms with Gasteiger partial charge >= 0.3 is 0 Å². The Labute approximate surface area is 175 Å². The van der Waals surface area contributed by atoms with Gasteiger partial charge in [0.25, 0.3) is 5.91 Å². The quantitative estimate of drug-likeness (QED) is 0.585. The molecule has 1 aliphatic rings. The number of amides is 1. The highest BCUT2D eigenvalue weighted by atomic mass is 32.2. The van der Waals surface area contributed by atoms with E-state index in [0.717, 1.165) is 30.8 Å². The fraction of sp³-hybridized carbons (Fsp3) is 0.208. The Morgan fingerprint density at radius 1 is 1.00 bits per heavy atom. The lowest BCUT2D eigenvalue weighted by atomic mass is 10.1. The van der Waals surface area contributed by atoms with Crippen molar-refractivity contribution >= 4 is 17.7 Å². The fourth-order valence-corrected chi connectivity index (χ4v) is 4.06. The molecular formula is C24H24N2O2S. The predicted octanol–water partition coefficient (Wildman–Crippen LogP) is 4.60. The molecule has 0 saturated carbocycles. The average molecular weight is 405 g/mol. The Hall–Kier alpha value is -2.76. The number of benzene rings is 3. The van der Waals surface area contributed by atoms with Gasteiger partial charge in [0.2, 0.25) is 0 Å². The number of carbonyl (C=O) groups is 1. The molecule has 0 aliphatic carbocycles. The van der Waals surface area contributed by atoms with Crippen LogP contribution < -0.4 is 10.5 Å².